The molecule has 0 amide bonds. The lowest BCUT2D eigenvalue weighted by atomic mass is 9.94. The molecule has 2 aliphatic heterocycles. The second kappa shape index (κ2) is 8.72. The van der Waals surface area contributed by atoms with E-state index in [2.05, 4.69) is 33.9 Å². The van der Waals surface area contributed by atoms with Crippen molar-refractivity contribution < 1.29 is 10.2 Å². The number of rotatable bonds is 4. The first-order valence-electron chi connectivity index (χ1n) is 11.0. The summed E-state index contributed by atoms with van der Waals surface area (Å²) in [5, 5.41) is 20.2. The van der Waals surface area contributed by atoms with Crippen LogP contribution in [0.25, 0.3) is 11.4 Å². The number of phenolic OH excluding ortho intramolecular Hbond substituents is 1. The van der Waals surface area contributed by atoms with Crippen molar-refractivity contribution in [1.82, 2.24) is 19.9 Å². The lowest BCUT2D eigenvalue weighted by Gasteiger charge is -2.37. The van der Waals surface area contributed by atoms with Gasteiger partial charge in [-0.05, 0) is 36.7 Å². The number of benzene rings is 2. The SMILES string of the molecule is CN1CCN(c2nc(-c3cccc(O)c3)nc(N3Cc4ccccc4CC3CO)n2)CC1. The van der Waals surface area contributed by atoms with Crippen LogP contribution in [0.3, 0.4) is 0 Å². The number of anilines is 2. The molecule has 2 N–H and O–H groups in total. The fraction of sp³-hybridized carbons (Fsp3) is 0.375. The largest absolute Gasteiger partial charge is 0.508 e. The highest BCUT2D eigenvalue weighted by Gasteiger charge is 2.29. The average Bonchev–Trinajstić information content (AvgIpc) is 2.83. The Bertz CT molecular complexity index is 1100. The topological polar surface area (TPSA) is 88.9 Å². The van der Waals surface area contributed by atoms with Crippen LogP contribution >= 0.6 is 0 Å². The van der Waals surface area contributed by atoms with Gasteiger partial charge in [0.05, 0.1) is 12.6 Å². The van der Waals surface area contributed by atoms with Crippen LogP contribution in [0.1, 0.15) is 11.1 Å². The number of aromatic nitrogens is 3. The fourth-order valence-electron chi connectivity index (χ4n) is 4.39. The van der Waals surface area contributed by atoms with E-state index in [1.807, 2.05) is 18.2 Å². The predicted molar refractivity (Wildman–Crippen MR) is 124 cm³/mol. The van der Waals surface area contributed by atoms with Crippen LogP contribution in [0.4, 0.5) is 11.9 Å². The van der Waals surface area contributed by atoms with E-state index in [9.17, 15) is 10.2 Å². The Morgan fingerprint density at radius 2 is 1.66 bits per heavy atom. The molecule has 1 fully saturated rings. The molecular weight excluding hydrogens is 404 g/mol. The number of aromatic hydroxyl groups is 1. The average molecular weight is 433 g/mol. The first-order valence-corrected chi connectivity index (χ1v) is 11.0. The number of aliphatic hydroxyl groups excluding tert-OH is 1. The summed E-state index contributed by atoms with van der Waals surface area (Å²) in [6.07, 6.45) is 0.740. The van der Waals surface area contributed by atoms with Crippen molar-refractivity contribution >= 4 is 11.9 Å². The van der Waals surface area contributed by atoms with Gasteiger partial charge in [-0.3, -0.25) is 0 Å². The van der Waals surface area contributed by atoms with E-state index in [4.69, 9.17) is 15.0 Å². The zero-order valence-electron chi connectivity index (χ0n) is 18.2. The Labute approximate surface area is 187 Å². The highest BCUT2D eigenvalue weighted by atomic mass is 16.3. The molecule has 2 aliphatic rings. The molecule has 3 heterocycles. The van der Waals surface area contributed by atoms with Crippen molar-refractivity contribution in [3.05, 3.63) is 59.7 Å². The smallest absolute Gasteiger partial charge is 0.231 e. The lowest BCUT2D eigenvalue weighted by molar-refractivity contribution is 0.252. The molecule has 0 aliphatic carbocycles. The molecule has 0 radical (unpaired) electrons. The number of nitrogens with zero attached hydrogens (tertiary/aromatic N) is 6. The molecule has 32 heavy (non-hydrogen) atoms. The fourth-order valence-corrected chi connectivity index (χ4v) is 4.39. The van der Waals surface area contributed by atoms with Crippen LogP contribution in [0.15, 0.2) is 48.5 Å². The van der Waals surface area contributed by atoms with E-state index in [-0.39, 0.29) is 18.4 Å². The number of fused-ring (bicyclic) bond motifs is 1. The van der Waals surface area contributed by atoms with Crippen LogP contribution in [-0.2, 0) is 13.0 Å². The normalized spacial score (nSPS) is 19.1. The molecule has 8 nitrogen and oxygen atoms in total. The Hall–Kier alpha value is -3.23. The maximum Gasteiger partial charge on any atom is 0.231 e. The van der Waals surface area contributed by atoms with Crippen molar-refractivity contribution in [3.63, 3.8) is 0 Å². The van der Waals surface area contributed by atoms with E-state index < -0.39 is 0 Å². The second-order valence-electron chi connectivity index (χ2n) is 8.54. The second-order valence-corrected chi connectivity index (χ2v) is 8.54. The number of aliphatic hydroxyl groups is 1. The molecule has 1 aromatic heterocycles. The van der Waals surface area contributed by atoms with E-state index >= 15 is 0 Å². The minimum absolute atomic E-state index is 0.0192. The molecule has 3 aromatic rings. The molecular formula is C24H28N6O2. The van der Waals surface area contributed by atoms with Crippen LogP contribution < -0.4 is 9.80 Å². The van der Waals surface area contributed by atoms with Crippen molar-refractivity contribution in [3.8, 4) is 17.1 Å². The molecule has 166 valence electrons. The van der Waals surface area contributed by atoms with Crippen molar-refractivity contribution in [2.75, 3.05) is 49.6 Å². The zero-order chi connectivity index (χ0) is 22.1. The predicted octanol–water partition coefficient (Wildman–Crippen LogP) is 1.92. The molecule has 0 saturated carbocycles. The summed E-state index contributed by atoms with van der Waals surface area (Å²) in [5.74, 6) is 1.89. The van der Waals surface area contributed by atoms with Gasteiger partial charge in [0.25, 0.3) is 0 Å². The van der Waals surface area contributed by atoms with Gasteiger partial charge in [-0.2, -0.15) is 15.0 Å². The van der Waals surface area contributed by atoms with E-state index in [0.29, 0.717) is 24.3 Å². The third-order valence-electron chi connectivity index (χ3n) is 6.33. The molecule has 0 spiro atoms. The lowest BCUT2D eigenvalue weighted by Crippen LogP contribution is -2.46. The standard InChI is InChI=1S/C24H28N6O2/c1-28-9-11-29(12-10-28)23-25-22(18-7-4-8-21(32)14-18)26-24(27-23)30-15-19-6-3-2-5-17(19)13-20(30)16-31/h2-8,14,20,31-32H,9-13,15-16H2,1H3. The van der Waals surface area contributed by atoms with Crippen molar-refractivity contribution in [2.45, 2.75) is 19.0 Å². The number of phenols is 1. The maximum atomic E-state index is 10.2. The van der Waals surface area contributed by atoms with Crippen LogP contribution in [0.2, 0.25) is 0 Å². The van der Waals surface area contributed by atoms with E-state index in [1.54, 1.807) is 18.2 Å². The van der Waals surface area contributed by atoms with Crippen molar-refractivity contribution in [1.29, 1.82) is 0 Å². The zero-order valence-corrected chi connectivity index (χ0v) is 18.2. The highest BCUT2D eigenvalue weighted by molar-refractivity contribution is 5.61. The molecule has 1 unspecified atom stereocenters. The first kappa shape index (κ1) is 20.7. The summed E-state index contributed by atoms with van der Waals surface area (Å²) in [7, 11) is 2.12. The van der Waals surface area contributed by atoms with Gasteiger partial charge in [-0.15, -0.1) is 0 Å². The van der Waals surface area contributed by atoms with Gasteiger partial charge < -0.3 is 24.9 Å². The summed E-state index contributed by atoms with van der Waals surface area (Å²) in [6.45, 7) is 4.22. The number of likely N-dealkylation sites (N-methyl/N-ethyl adjacent to an activating group) is 1. The van der Waals surface area contributed by atoms with E-state index in [1.165, 1.54) is 11.1 Å². The highest BCUT2D eigenvalue weighted by Crippen LogP contribution is 2.30. The molecule has 2 aromatic carbocycles. The Morgan fingerprint density at radius 1 is 0.906 bits per heavy atom. The quantitative estimate of drug-likeness (QED) is 0.647. The number of hydrogen-bond acceptors (Lipinski definition) is 8. The van der Waals surface area contributed by atoms with E-state index in [0.717, 1.165) is 38.2 Å². The molecule has 5 rings (SSSR count). The minimum Gasteiger partial charge on any atom is -0.508 e. The molecule has 1 atom stereocenters. The Kier molecular flexibility index (Phi) is 5.63. The van der Waals surface area contributed by atoms with Gasteiger partial charge in [0, 0.05) is 38.3 Å². The van der Waals surface area contributed by atoms with Gasteiger partial charge in [-0.25, -0.2) is 0 Å². The van der Waals surface area contributed by atoms with Gasteiger partial charge in [0.1, 0.15) is 5.75 Å². The van der Waals surface area contributed by atoms with Gasteiger partial charge in [0.2, 0.25) is 11.9 Å². The minimum atomic E-state index is -0.107. The molecule has 1 saturated heterocycles. The molecule has 8 heteroatoms. The van der Waals surface area contributed by atoms with Gasteiger partial charge in [0.15, 0.2) is 5.82 Å². The van der Waals surface area contributed by atoms with Crippen LogP contribution in [0.5, 0.6) is 5.75 Å². The van der Waals surface area contributed by atoms with Crippen molar-refractivity contribution in [2.24, 2.45) is 0 Å². The number of piperazine rings is 1. The van der Waals surface area contributed by atoms with Crippen LogP contribution in [0, 0.1) is 0 Å². The third-order valence-corrected chi connectivity index (χ3v) is 6.33. The summed E-state index contributed by atoms with van der Waals surface area (Å²) < 4.78 is 0. The van der Waals surface area contributed by atoms with Gasteiger partial charge in [-0.1, -0.05) is 36.4 Å². The summed E-state index contributed by atoms with van der Waals surface area (Å²) in [6, 6.07) is 15.2. The third kappa shape index (κ3) is 4.11. The van der Waals surface area contributed by atoms with Crippen LogP contribution in [-0.4, -0.2) is 75.9 Å². The first-order chi connectivity index (χ1) is 15.6. The summed E-state index contributed by atoms with van der Waals surface area (Å²) >= 11 is 0. The Morgan fingerprint density at radius 3 is 2.41 bits per heavy atom. The number of hydrogen-bond donors (Lipinski definition) is 2. The van der Waals surface area contributed by atoms with Gasteiger partial charge >= 0.3 is 0 Å². The summed E-state index contributed by atoms with van der Waals surface area (Å²) in [4.78, 5) is 21.0. The Balaban J connectivity index is 1.57. The maximum absolute atomic E-state index is 10.2. The monoisotopic (exact) mass is 432 g/mol. The molecule has 0 bridgehead atoms. The summed E-state index contributed by atoms with van der Waals surface area (Å²) in [5.41, 5.74) is 3.21.